The van der Waals surface area contributed by atoms with Gasteiger partial charge in [0, 0.05) is 4.88 Å². The molecule has 0 aliphatic carbocycles. The minimum absolute atomic E-state index is 0.484. The number of halogens is 2. The zero-order valence-corrected chi connectivity index (χ0v) is 13.3. The lowest BCUT2D eigenvalue weighted by molar-refractivity contribution is 0.0508. The molecule has 6 heteroatoms. The Morgan fingerprint density at radius 1 is 0.917 bits per heavy atom. The van der Waals surface area contributed by atoms with Crippen LogP contribution in [-0.2, 0) is 5.54 Å². The van der Waals surface area contributed by atoms with Crippen molar-refractivity contribution in [3.8, 4) is 0 Å². The van der Waals surface area contributed by atoms with Crippen molar-refractivity contribution in [2.45, 2.75) is 12.0 Å². The number of fused-ring (bicyclic) bond motifs is 1. The summed E-state index contributed by atoms with van der Waals surface area (Å²) in [4.78, 5) is 0.527. The van der Waals surface area contributed by atoms with Crippen LogP contribution in [0.2, 0.25) is 0 Å². The zero-order chi connectivity index (χ0) is 16.6. The summed E-state index contributed by atoms with van der Waals surface area (Å²) in [6, 6.07) is 19.4. The van der Waals surface area contributed by atoms with E-state index in [1.54, 1.807) is 60.0 Å². The maximum absolute atomic E-state index is 14.6. The van der Waals surface area contributed by atoms with Crippen LogP contribution in [0.4, 0.5) is 8.78 Å². The summed E-state index contributed by atoms with van der Waals surface area (Å²) in [7, 11) is 0. The molecule has 0 radical (unpaired) electrons. The third kappa shape index (κ3) is 2.06. The number of thiophene rings is 1. The maximum Gasteiger partial charge on any atom is 0.272 e. The molecule has 0 unspecified atom stereocenters. The predicted molar refractivity (Wildman–Crippen MR) is 90.5 cm³/mol. The third-order valence-corrected chi connectivity index (χ3v) is 5.11. The van der Waals surface area contributed by atoms with Crippen molar-refractivity contribution >= 4 is 22.4 Å². The van der Waals surface area contributed by atoms with Gasteiger partial charge in [-0.1, -0.05) is 53.7 Å². The van der Waals surface area contributed by atoms with E-state index in [2.05, 4.69) is 10.3 Å². The Hall–Kier alpha value is -2.60. The van der Waals surface area contributed by atoms with Crippen LogP contribution in [0.25, 0.3) is 11.0 Å². The molecule has 2 aromatic carbocycles. The fourth-order valence-corrected chi connectivity index (χ4v) is 3.95. The molecule has 0 aliphatic rings. The van der Waals surface area contributed by atoms with Crippen molar-refractivity contribution in [3.05, 3.63) is 82.6 Å². The van der Waals surface area contributed by atoms with Gasteiger partial charge in [0.2, 0.25) is 0 Å². The van der Waals surface area contributed by atoms with Crippen LogP contribution in [0.3, 0.4) is 0 Å². The SMILES string of the molecule is FC(F)[C@@](c1ccccc1)(c1cccs1)n1nnc2ccccc21. The Morgan fingerprint density at radius 3 is 2.38 bits per heavy atom. The minimum Gasteiger partial charge on any atom is -0.223 e. The van der Waals surface area contributed by atoms with E-state index in [0.29, 0.717) is 21.5 Å². The molecule has 0 aliphatic heterocycles. The molecule has 0 saturated carbocycles. The maximum atomic E-state index is 14.6. The smallest absolute Gasteiger partial charge is 0.223 e. The lowest BCUT2D eigenvalue weighted by Gasteiger charge is -2.33. The topological polar surface area (TPSA) is 30.7 Å². The second-order valence-corrected chi connectivity index (χ2v) is 6.35. The molecule has 0 spiro atoms. The molecule has 1 atom stereocenters. The fraction of sp³-hybridized carbons (Fsp3) is 0.111. The average Bonchev–Trinajstić information content (AvgIpc) is 3.27. The van der Waals surface area contributed by atoms with Crippen LogP contribution >= 0.6 is 11.3 Å². The first-order valence-electron chi connectivity index (χ1n) is 7.43. The van der Waals surface area contributed by atoms with E-state index in [9.17, 15) is 8.78 Å². The molecule has 2 aromatic heterocycles. The summed E-state index contributed by atoms with van der Waals surface area (Å²) in [5, 5.41) is 10.0. The highest BCUT2D eigenvalue weighted by atomic mass is 32.1. The van der Waals surface area contributed by atoms with Crippen molar-refractivity contribution in [2.75, 3.05) is 0 Å². The third-order valence-electron chi connectivity index (χ3n) is 4.11. The summed E-state index contributed by atoms with van der Waals surface area (Å²) in [6.45, 7) is 0. The number of rotatable bonds is 4. The number of hydrogen-bond donors (Lipinski definition) is 0. The van der Waals surface area contributed by atoms with Crippen LogP contribution < -0.4 is 0 Å². The quantitative estimate of drug-likeness (QED) is 0.545. The van der Waals surface area contributed by atoms with Crippen molar-refractivity contribution in [3.63, 3.8) is 0 Å². The van der Waals surface area contributed by atoms with Crippen LogP contribution in [-0.4, -0.2) is 21.4 Å². The van der Waals surface area contributed by atoms with E-state index in [1.165, 1.54) is 16.0 Å². The monoisotopic (exact) mass is 341 g/mol. The van der Waals surface area contributed by atoms with Gasteiger partial charge in [-0.15, -0.1) is 16.4 Å². The number of aromatic nitrogens is 3. The van der Waals surface area contributed by atoms with Crippen molar-refractivity contribution < 1.29 is 8.78 Å². The largest absolute Gasteiger partial charge is 0.272 e. The summed E-state index contributed by atoms with van der Waals surface area (Å²) in [6.07, 6.45) is -2.69. The molecule has 0 amide bonds. The van der Waals surface area contributed by atoms with Crippen molar-refractivity contribution in [2.24, 2.45) is 0 Å². The first kappa shape index (κ1) is 15.0. The number of alkyl halides is 2. The van der Waals surface area contributed by atoms with Crippen LogP contribution in [0.5, 0.6) is 0 Å². The summed E-state index contributed by atoms with van der Waals surface area (Å²) < 4.78 is 30.6. The molecule has 0 fully saturated rings. The Morgan fingerprint density at radius 2 is 1.67 bits per heavy atom. The van der Waals surface area contributed by atoms with Gasteiger partial charge in [0.05, 0.1) is 5.52 Å². The molecule has 3 nitrogen and oxygen atoms in total. The van der Waals surface area contributed by atoms with Crippen molar-refractivity contribution in [1.82, 2.24) is 15.0 Å². The van der Waals surface area contributed by atoms with Gasteiger partial charge in [0.1, 0.15) is 5.52 Å². The number of nitrogens with zero attached hydrogens (tertiary/aromatic N) is 3. The highest BCUT2D eigenvalue weighted by Gasteiger charge is 2.48. The van der Waals surface area contributed by atoms with Gasteiger partial charge in [-0.3, -0.25) is 0 Å². The summed E-state index contributed by atoms with van der Waals surface area (Å²) in [5.41, 5.74) is -0.0471. The van der Waals surface area contributed by atoms with Gasteiger partial charge < -0.3 is 0 Å². The summed E-state index contributed by atoms with van der Waals surface area (Å²) in [5.74, 6) is 0. The number of hydrogen-bond acceptors (Lipinski definition) is 3. The number of benzene rings is 2. The molecule has 2 heterocycles. The molecule has 4 rings (SSSR count). The second kappa shape index (κ2) is 5.79. The first-order valence-corrected chi connectivity index (χ1v) is 8.31. The molecule has 0 N–H and O–H groups in total. The Balaban J connectivity index is 2.11. The molecular weight excluding hydrogens is 328 g/mol. The Kier molecular flexibility index (Phi) is 3.61. The molecule has 0 saturated heterocycles. The molecule has 0 bridgehead atoms. The number of para-hydroxylation sites is 1. The van der Waals surface area contributed by atoms with Crippen LogP contribution in [0, 0.1) is 0 Å². The zero-order valence-electron chi connectivity index (χ0n) is 12.5. The van der Waals surface area contributed by atoms with Crippen molar-refractivity contribution in [1.29, 1.82) is 0 Å². The van der Waals surface area contributed by atoms with Gasteiger partial charge in [-0.25, -0.2) is 13.5 Å². The first-order chi connectivity index (χ1) is 11.7. The van der Waals surface area contributed by atoms with Crippen LogP contribution in [0.15, 0.2) is 72.1 Å². The van der Waals surface area contributed by atoms with Gasteiger partial charge in [0.25, 0.3) is 6.43 Å². The van der Waals surface area contributed by atoms with Gasteiger partial charge in [0.15, 0.2) is 5.54 Å². The standard InChI is InChI=1S/C18H13F2N3S/c19-17(20)18(16-11-6-12-24-16,13-7-2-1-3-8-13)23-15-10-5-4-9-14(15)21-22-23/h1-12,17H/t18-/m1/s1. The normalized spacial score (nSPS) is 14.1. The van der Waals surface area contributed by atoms with Crippen LogP contribution in [0.1, 0.15) is 10.4 Å². The van der Waals surface area contributed by atoms with E-state index >= 15 is 0 Å². The second-order valence-electron chi connectivity index (χ2n) is 5.40. The molecule has 4 aromatic rings. The van der Waals surface area contributed by atoms with E-state index in [-0.39, 0.29) is 0 Å². The van der Waals surface area contributed by atoms with Gasteiger partial charge in [-0.2, -0.15) is 0 Å². The van der Waals surface area contributed by atoms with E-state index in [0.717, 1.165) is 0 Å². The minimum atomic E-state index is -2.69. The lowest BCUT2D eigenvalue weighted by atomic mass is 9.88. The molecule has 24 heavy (non-hydrogen) atoms. The predicted octanol–water partition coefficient (Wildman–Crippen LogP) is 4.55. The van der Waals surface area contributed by atoms with E-state index in [1.807, 2.05) is 12.1 Å². The average molecular weight is 341 g/mol. The highest BCUT2D eigenvalue weighted by Crippen LogP contribution is 2.42. The van der Waals surface area contributed by atoms with Gasteiger partial charge >= 0.3 is 0 Å². The molecular formula is C18H13F2N3S. The fourth-order valence-electron chi connectivity index (χ4n) is 3.01. The lowest BCUT2D eigenvalue weighted by Crippen LogP contribution is -2.43. The Labute approximate surface area is 141 Å². The van der Waals surface area contributed by atoms with E-state index < -0.39 is 12.0 Å². The Bertz CT molecular complexity index is 951. The molecule has 120 valence electrons. The van der Waals surface area contributed by atoms with Gasteiger partial charge in [-0.05, 0) is 29.1 Å². The summed E-state index contributed by atoms with van der Waals surface area (Å²) >= 11 is 1.29. The highest BCUT2D eigenvalue weighted by molar-refractivity contribution is 7.10. The van der Waals surface area contributed by atoms with E-state index in [4.69, 9.17) is 0 Å².